The molecule has 0 fully saturated rings. The highest BCUT2D eigenvalue weighted by atomic mass is 16.6. The zero-order chi connectivity index (χ0) is 15.8. The number of hydrogen-bond donors (Lipinski definition) is 0. The first-order valence-electron chi connectivity index (χ1n) is 6.67. The third-order valence-corrected chi connectivity index (χ3v) is 2.93. The Balaban J connectivity index is 2.65. The molecule has 0 amide bonds. The molecular formula is C16H19NO4. The monoisotopic (exact) mass is 289 g/mol. The summed E-state index contributed by atoms with van der Waals surface area (Å²) in [5.74, 6) is -0.574. The maximum Gasteiger partial charge on any atom is 0.419 e. The van der Waals surface area contributed by atoms with Crippen molar-refractivity contribution in [2.45, 2.75) is 33.3 Å². The van der Waals surface area contributed by atoms with E-state index in [9.17, 15) is 9.59 Å². The molecule has 2 aromatic rings. The van der Waals surface area contributed by atoms with E-state index in [1.54, 1.807) is 26.8 Å². The molecule has 1 heterocycles. The van der Waals surface area contributed by atoms with E-state index in [1.165, 1.54) is 11.7 Å². The van der Waals surface area contributed by atoms with E-state index in [0.717, 1.165) is 10.9 Å². The fourth-order valence-electron chi connectivity index (χ4n) is 2.07. The molecule has 112 valence electrons. The summed E-state index contributed by atoms with van der Waals surface area (Å²) in [6, 6.07) is 7.25. The van der Waals surface area contributed by atoms with Gasteiger partial charge in [-0.15, -0.1) is 0 Å². The Hall–Kier alpha value is -2.30. The number of aromatic nitrogens is 1. The Morgan fingerprint density at radius 1 is 1.14 bits per heavy atom. The molecule has 0 aliphatic carbocycles. The Labute approximate surface area is 123 Å². The quantitative estimate of drug-likeness (QED) is 0.754. The summed E-state index contributed by atoms with van der Waals surface area (Å²) in [5, 5.41) is 0.784. The number of ether oxygens (including phenoxy) is 2. The molecule has 5 heteroatoms. The number of aryl methyl sites for hydroxylation is 1. The molecule has 0 N–H and O–H groups in total. The van der Waals surface area contributed by atoms with Crippen LogP contribution in [0.25, 0.3) is 10.9 Å². The van der Waals surface area contributed by atoms with Gasteiger partial charge in [-0.3, -0.25) is 0 Å². The van der Waals surface area contributed by atoms with Gasteiger partial charge in [-0.1, -0.05) is 12.1 Å². The van der Waals surface area contributed by atoms with Crippen LogP contribution in [-0.4, -0.2) is 29.3 Å². The molecule has 1 aromatic carbocycles. The molecule has 0 atom stereocenters. The van der Waals surface area contributed by atoms with Gasteiger partial charge >= 0.3 is 12.1 Å². The van der Waals surface area contributed by atoms with Gasteiger partial charge in [-0.2, -0.15) is 0 Å². The molecule has 2 rings (SSSR count). The second-order valence-electron chi connectivity index (χ2n) is 5.90. The smallest absolute Gasteiger partial charge is 0.419 e. The lowest BCUT2D eigenvalue weighted by molar-refractivity contribution is 0.0489. The highest BCUT2D eigenvalue weighted by Gasteiger charge is 2.25. The van der Waals surface area contributed by atoms with Gasteiger partial charge in [0.2, 0.25) is 0 Å². The molecule has 0 aliphatic rings. The number of carbonyl (C=O) groups is 2. The zero-order valence-electron chi connectivity index (χ0n) is 12.9. The van der Waals surface area contributed by atoms with Gasteiger partial charge in [0.15, 0.2) is 0 Å². The third kappa shape index (κ3) is 3.07. The zero-order valence-corrected chi connectivity index (χ0v) is 12.9. The standard InChI is InChI=1S/C16H19NO4/c1-10-6-7-11-9-13(14(18)20-5)17(12(11)8-10)15(19)21-16(2,3)4/h6-9H,1-5H3. The van der Waals surface area contributed by atoms with E-state index in [0.29, 0.717) is 5.52 Å². The Morgan fingerprint density at radius 3 is 2.38 bits per heavy atom. The highest BCUT2D eigenvalue weighted by molar-refractivity contribution is 6.01. The van der Waals surface area contributed by atoms with Crippen molar-refractivity contribution in [3.8, 4) is 0 Å². The fraction of sp³-hybridized carbons (Fsp3) is 0.375. The maximum absolute atomic E-state index is 12.4. The van der Waals surface area contributed by atoms with Crippen molar-refractivity contribution < 1.29 is 19.1 Å². The average Bonchev–Trinajstić information content (AvgIpc) is 2.74. The van der Waals surface area contributed by atoms with Gasteiger partial charge in [-0.25, -0.2) is 14.2 Å². The molecule has 0 saturated heterocycles. The fourth-order valence-corrected chi connectivity index (χ4v) is 2.07. The molecule has 1 aromatic heterocycles. The lowest BCUT2D eigenvalue weighted by atomic mass is 10.2. The number of hydrogen-bond acceptors (Lipinski definition) is 4. The minimum Gasteiger partial charge on any atom is -0.464 e. The predicted octanol–water partition coefficient (Wildman–Crippen LogP) is 3.52. The normalized spacial score (nSPS) is 11.5. The summed E-state index contributed by atoms with van der Waals surface area (Å²) in [5.41, 5.74) is 1.13. The molecule has 0 saturated carbocycles. The Morgan fingerprint density at radius 2 is 1.81 bits per heavy atom. The molecule has 0 spiro atoms. The van der Waals surface area contributed by atoms with Crippen LogP contribution in [-0.2, 0) is 9.47 Å². The lowest BCUT2D eigenvalue weighted by Crippen LogP contribution is -2.29. The second kappa shape index (κ2) is 5.24. The van der Waals surface area contributed by atoms with Gasteiger partial charge < -0.3 is 9.47 Å². The van der Waals surface area contributed by atoms with Gasteiger partial charge in [0.25, 0.3) is 0 Å². The number of esters is 1. The molecule has 5 nitrogen and oxygen atoms in total. The molecule has 0 radical (unpaired) electrons. The molecule has 0 bridgehead atoms. The maximum atomic E-state index is 12.4. The largest absolute Gasteiger partial charge is 0.464 e. The van der Waals surface area contributed by atoms with E-state index in [4.69, 9.17) is 9.47 Å². The van der Waals surface area contributed by atoms with Crippen molar-refractivity contribution in [2.75, 3.05) is 7.11 Å². The average molecular weight is 289 g/mol. The third-order valence-electron chi connectivity index (χ3n) is 2.93. The summed E-state index contributed by atoms with van der Waals surface area (Å²) in [7, 11) is 1.28. The SMILES string of the molecule is COC(=O)c1cc2ccc(C)cc2n1C(=O)OC(C)(C)C. The van der Waals surface area contributed by atoms with Crippen LogP contribution in [0.3, 0.4) is 0 Å². The van der Waals surface area contributed by atoms with Crippen molar-refractivity contribution in [3.63, 3.8) is 0 Å². The summed E-state index contributed by atoms with van der Waals surface area (Å²) >= 11 is 0. The van der Waals surface area contributed by atoms with Crippen LogP contribution in [0.5, 0.6) is 0 Å². The lowest BCUT2D eigenvalue weighted by Gasteiger charge is -2.20. The first-order chi connectivity index (χ1) is 9.73. The summed E-state index contributed by atoms with van der Waals surface area (Å²) in [6.07, 6.45) is -0.594. The number of benzene rings is 1. The van der Waals surface area contributed by atoms with Crippen molar-refractivity contribution in [2.24, 2.45) is 0 Å². The number of fused-ring (bicyclic) bond motifs is 1. The Bertz CT molecular complexity index is 707. The first kappa shape index (κ1) is 15.1. The topological polar surface area (TPSA) is 57.5 Å². The minimum absolute atomic E-state index is 0.160. The van der Waals surface area contributed by atoms with Crippen LogP contribution in [0.2, 0.25) is 0 Å². The number of methoxy groups -OCH3 is 1. The second-order valence-corrected chi connectivity index (χ2v) is 5.90. The van der Waals surface area contributed by atoms with E-state index in [1.807, 2.05) is 25.1 Å². The number of carbonyl (C=O) groups excluding carboxylic acids is 2. The Kier molecular flexibility index (Phi) is 3.77. The van der Waals surface area contributed by atoms with Crippen molar-refractivity contribution in [1.82, 2.24) is 4.57 Å². The summed E-state index contributed by atoms with van der Waals surface area (Å²) < 4.78 is 11.4. The van der Waals surface area contributed by atoms with Gasteiger partial charge in [0, 0.05) is 5.39 Å². The van der Waals surface area contributed by atoms with Gasteiger partial charge in [-0.05, 0) is 45.4 Å². The molecule has 0 aliphatic heterocycles. The van der Waals surface area contributed by atoms with E-state index in [-0.39, 0.29) is 5.69 Å². The molecule has 0 unspecified atom stereocenters. The summed E-state index contributed by atoms with van der Waals surface area (Å²) in [6.45, 7) is 7.25. The van der Waals surface area contributed by atoms with Crippen LogP contribution in [0.1, 0.15) is 36.8 Å². The first-order valence-corrected chi connectivity index (χ1v) is 6.67. The van der Waals surface area contributed by atoms with Crippen molar-refractivity contribution >= 4 is 23.0 Å². The number of nitrogens with zero attached hydrogens (tertiary/aromatic N) is 1. The van der Waals surface area contributed by atoms with Crippen LogP contribution >= 0.6 is 0 Å². The van der Waals surface area contributed by atoms with E-state index < -0.39 is 17.7 Å². The summed E-state index contributed by atoms with van der Waals surface area (Å²) in [4.78, 5) is 24.3. The van der Waals surface area contributed by atoms with Crippen molar-refractivity contribution in [1.29, 1.82) is 0 Å². The van der Waals surface area contributed by atoms with Gasteiger partial charge in [0.05, 0.1) is 12.6 Å². The van der Waals surface area contributed by atoms with Crippen LogP contribution in [0.4, 0.5) is 4.79 Å². The number of rotatable bonds is 1. The van der Waals surface area contributed by atoms with E-state index >= 15 is 0 Å². The van der Waals surface area contributed by atoms with Crippen molar-refractivity contribution in [3.05, 3.63) is 35.5 Å². The minimum atomic E-state index is -0.648. The van der Waals surface area contributed by atoms with Crippen LogP contribution < -0.4 is 0 Å². The highest BCUT2D eigenvalue weighted by Crippen LogP contribution is 2.23. The predicted molar refractivity (Wildman–Crippen MR) is 79.6 cm³/mol. The molecule has 21 heavy (non-hydrogen) atoms. The van der Waals surface area contributed by atoms with E-state index in [2.05, 4.69) is 0 Å². The van der Waals surface area contributed by atoms with Gasteiger partial charge in [0.1, 0.15) is 11.3 Å². The van der Waals surface area contributed by atoms with Crippen LogP contribution in [0.15, 0.2) is 24.3 Å². The van der Waals surface area contributed by atoms with Crippen LogP contribution in [0, 0.1) is 6.92 Å². The molecular weight excluding hydrogens is 270 g/mol.